The SMILES string of the molecule is CC(NC(=O)CN1CCCCCC1=O)c1ccccc1Cl. The van der Waals surface area contributed by atoms with Crippen LogP contribution < -0.4 is 5.32 Å². The van der Waals surface area contributed by atoms with Gasteiger partial charge in [-0.15, -0.1) is 0 Å². The molecule has 114 valence electrons. The average molecular weight is 309 g/mol. The maximum atomic E-state index is 12.1. The van der Waals surface area contributed by atoms with E-state index in [0.29, 0.717) is 18.0 Å². The van der Waals surface area contributed by atoms with E-state index in [2.05, 4.69) is 5.32 Å². The Labute approximate surface area is 130 Å². The minimum Gasteiger partial charge on any atom is -0.348 e. The number of carbonyl (C=O) groups excluding carboxylic acids is 2. The smallest absolute Gasteiger partial charge is 0.240 e. The van der Waals surface area contributed by atoms with Gasteiger partial charge in [0.1, 0.15) is 0 Å². The molecule has 1 saturated heterocycles. The molecule has 2 rings (SSSR count). The van der Waals surface area contributed by atoms with Gasteiger partial charge in [-0.05, 0) is 31.4 Å². The Bertz CT molecular complexity index is 519. The second-order valence-electron chi connectivity index (χ2n) is 5.44. The lowest BCUT2D eigenvalue weighted by Crippen LogP contribution is -2.41. The topological polar surface area (TPSA) is 49.4 Å². The van der Waals surface area contributed by atoms with Gasteiger partial charge in [0, 0.05) is 18.0 Å². The standard InChI is InChI=1S/C16H21ClN2O2/c1-12(13-7-4-5-8-14(13)17)18-15(20)11-19-10-6-2-3-9-16(19)21/h4-5,7-8,12H,2-3,6,9-11H2,1H3,(H,18,20). The van der Waals surface area contributed by atoms with Crippen molar-refractivity contribution >= 4 is 23.4 Å². The zero-order valence-corrected chi connectivity index (χ0v) is 13.0. The van der Waals surface area contributed by atoms with Gasteiger partial charge >= 0.3 is 0 Å². The molecule has 1 N–H and O–H groups in total. The van der Waals surface area contributed by atoms with Crippen LogP contribution in [-0.4, -0.2) is 29.8 Å². The molecule has 0 bridgehead atoms. The highest BCUT2D eigenvalue weighted by atomic mass is 35.5. The number of nitrogens with one attached hydrogen (secondary N) is 1. The fraction of sp³-hybridized carbons (Fsp3) is 0.500. The summed E-state index contributed by atoms with van der Waals surface area (Å²) in [6.07, 6.45) is 3.50. The molecule has 4 nitrogen and oxygen atoms in total. The molecule has 2 amide bonds. The summed E-state index contributed by atoms with van der Waals surface area (Å²) in [4.78, 5) is 25.7. The van der Waals surface area contributed by atoms with Gasteiger partial charge in [-0.2, -0.15) is 0 Å². The third-order valence-corrected chi connectivity index (χ3v) is 4.10. The van der Waals surface area contributed by atoms with E-state index >= 15 is 0 Å². The Kier molecular flexibility index (Phi) is 5.62. The van der Waals surface area contributed by atoms with Crippen LogP contribution in [0.5, 0.6) is 0 Å². The number of halogens is 1. The lowest BCUT2D eigenvalue weighted by molar-refractivity contribution is -0.135. The van der Waals surface area contributed by atoms with E-state index in [0.717, 1.165) is 24.8 Å². The van der Waals surface area contributed by atoms with Crippen molar-refractivity contribution in [3.8, 4) is 0 Å². The summed E-state index contributed by atoms with van der Waals surface area (Å²) in [6, 6.07) is 7.27. The van der Waals surface area contributed by atoms with E-state index in [-0.39, 0.29) is 24.4 Å². The molecule has 1 atom stereocenters. The number of hydrogen-bond donors (Lipinski definition) is 1. The molecule has 1 fully saturated rings. The first-order valence-electron chi connectivity index (χ1n) is 7.39. The van der Waals surface area contributed by atoms with Crippen LogP contribution in [0.15, 0.2) is 24.3 Å². The van der Waals surface area contributed by atoms with Crippen LogP contribution >= 0.6 is 11.6 Å². The summed E-state index contributed by atoms with van der Waals surface area (Å²) in [5.74, 6) is -0.0642. The summed E-state index contributed by atoms with van der Waals surface area (Å²) < 4.78 is 0. The van der Waals surface area contributed by atoms with Crippen molar-refractivity contribution in [1.29, 1.82) is 0 Å². The van der Waals surface area contributed by atoms with E-state index in [1.54, 1.807) is 11.0 Å². The lowest BCUT2D eigenvalue weighted by Gasteiger charge is -2.22. The van der Waals surface area contributed by atoms with Crippen molar-refractivity contribution in [3.05, 3.63) is 34.9 Å². The minimum atomic E-state index is -0.173. The van der Waals surface area contributed by atoms with Crippen molar-refractivity contribution in [3.63, 3.8) is 0 Å². The second kappa shape index (κ2) is 7.46. The predicted octanol–water partition coefficient (Wildman–Crippen LogP) is 2.92. The molecular weight excluding hydrogens is 288 g/mol. The van der Waals surface area contributed by atoms with Crippen LogP contribution in [0.25, 0.3) is 0 Å². The van der Waals surface area contributed by atoms with E-state index in [9.17, 15) is 9.59 Å². The van der Waals surface area contributed by atoms with Crippen molar-refractivity contribution in [2.45, 2.75) is 38.6 Å². The Hall–Kier alpha value is -1.55. The van der Waals surface area contributed by atoms with Gasteiger partial charge < -0.3 is 10.2 Å². The third kappa shape index (κ3) is 4.46. The zero-order chi connectivity index (χ0) is 15.2. The molecule has 1 aromatic carbocycles. The monoisotopic (exact) mass is 308 g/mol. The van der Waals surface area contributed by atoms with Gasteiger partial charge in [0.2, 0.25) is 11.8 Å². The summed E-state index contributed by atoms with van der Waals surface area (Å²) in [5, 5.41) is 3.54. The number of rotatable bonds is 4. The van der Waals surface area contributed by atoms with E-state index < -0.39 is 0 Å². The summed E-state index contributed by atoms with van der Waals surface area (Å²) >= 11 is 6.12. The first kappa shape index (κ1) is 15.8. The number of amides is 2. The summed E-state index contributed by atoms with van der Waals surface area (Å²) in [5.41, 5.74) is 0.884. The van der Waals surface area contributed by atoms with Crippen LogP contribution in [0, 0.1) is 0 Å². The van der Waals surface area contributed by atoms with Crippen molar-refractivity contribution in [2.75, 3.05) is 13.1 Å². The van der Waals surface area contributed by atoms with Gasteiger partial charge in [-0.25, -0.2) is 0 Å². The molecule has 0 spiro atoms. The highest BCUT2D eigenvalue weighted by molar-refractivity contribution is 6.31. The molecule has 21 heavy (non-hydrogen) atoms. The van der Waals surface area contributed by atoms with E-state index in [1.165, 1.54) is 0 Å². The van der Waals surface area contributed by atoms with Crippen molar-refractivity contribution in [2.24, 2.45) is 0 Å². The predicted molar refractivity (Wildman–Crippen MR) is 83.1 cm³/mol. The van der Waals surface area contributed by atoms with Crippen molar-refractivity contribution in [1.82, 2.24) is 10.2 Å². The maximum absolute atomic E-state index is 12.1. The normalized spacial score (nSPS) is 17.2. The number of hydrogen-bond acceptors (Lipinski definition) is 2. The number of nitrogens with zero attached hydrogens (tertiary/aromatic N) is 1. The summed E-state index contributed by atoms with van der Waals surface area (Å²) in [7, 11) is 0. The Morgan fingerprint density at radius 3 is 2.86 bits per heavy atom. The quantitative estimate of drug-likeness (QED) is 0.929. The van der Waals surface area contributed by atoms with Crippen LogP contribution in [-0.2, 0) is 9.59 Å². The molecule has 1 unspecified atom stereocenters. The molecule has 1 heterocycles. The molecule has 0 saturated carbocycles. The van der Waals surface area contributed by atoms with Gasteiger partial charge in [-0.1, -0.05) is 36.2 Å². The molecular formula is C16H21ClN2O2. The van der Waals surface area contributed by atoms with Gasteiger partial charge in [0.05, 0.1) is 12.6 Å². The van der Waals surface area contributed by atoms with Gasteiger partial charge in [0.25, 0.3) is 0 Å². The van der Waals surface area contributed by atoms with Crippen LogP contribution in [0.1, 0.15) is 44.2 Å². The van der Waals surface area contributed by atoms with E-state index in [4.69, 9.17) is 11.6 Å². The average Bonchev–Trinajstić information content (AvgIpc) is 2.64. The largest absolute Gasteiger partial charge is 0.348 e. The Morgan fingerprint density at radius 1 is 1.33 bits per heavy atom. The number of likely N-dealkylation sites (tertiary alicyclic amines) is 1. The lowest BCUT2D eigenvalue weighted by atomic mass is 10.1. The molecule has 1 aliphatic heterocycles. The minimum absolute atomic E-state index is 0.0769. The highest BCUT2D eigenvalue weighted by Gasteiger charge is 2.20. The molecule has 1 aliphatic rings. The number of benzene rings is 1. The van der Waals surface area contributed by atoms with Crippen molar-refractivity contribution < 1.29 is 9.59 Å². The Morgan fingerprint density at radius 2 is 2.10 bits per heavy atom. The van der Waals surface area contributed by atoms with Crippen LogP contribution in [0.4, 0.5) is 0 Å². The zero-order valence-electron chi connectivity index (χ0n) is 12.3. The molecule has 5 heteroatoms. The molecule has 0 radical (unpaired) electrons. The van der Waals surface area contributed by atoms with Crippen LogP contribution in [0.3, 0.4) is 0 Å². The molecule has 1 aromatic rings. The molecule has 0 aliphatic carbocycles. The third-order valence-electron chi connectivity index (χ3n) is 3.76. The van der Waals surface area contributed by atoms with Crippen LogP contribution in [0.2, 0.25) is 5.02 Å². The molecule has 0 aromatic heterocycles. The van der Waals surface area contributed by atoms with E-state index in [1.807, 2.05) is 25.1 Å². The first-order valence-corrected chi connectivity index (χ1v) is 7.77. The van der Waals surface area contributed by atoms with Gasteiger partial charge in [0.15, 0.2) is 0 Å². The number of carbonyl (C=O) groups is 2. The summed E-state index contributed by atoms with van der Waals surface area (Å²) in [6.45, 7) is 2.70. The fourth-order valence-corrected chi connectivity index (χ4v) is 2.87. The van der Waals surface area contributed by atoms with Gasteiger partial charge in [-0.3, -0.25) is 9.59 Å². The maximum Gasteiger partial charge on any atom is 0.240 e. The highest BCUT2D eigenvalue weighted by Crippen LogP contribution is 2.22. The fourth-order valence-electron chi connectivity index (χ4n) is 2.57. The first-order chi connectivity index (χ1) is 10.1. The second-order valence-corrected chi connectivity index (χ2v) is 5.84. The Balaban J connectivity index is 1.92.